The zero-order chi connectivity index (χ0) is 34.6. The molecule has 0 aliphatic rings. The van der Waals surface area contributed by atoms with Gasteiger partial charge in [0.05, 0.1) is 6.54 Å². The van der Waals surface area contributed by atoms with Crippen LogP contribution in [0.15, 0.2) is 183 Å². The molecule has 0 unspecified atom stereocenters. The molecule has 0 fully saturated rings. The van der Waals surface area contributed by atoms with Crippen molar-refractivity contribution in [1.82, 2.24) is 0 Å². The van der Waals surface area contributed by atoms with E-state index in [1.165, 1.54) is 0 Å². The first kappa shape index (κ1) is 29.9. The number of aliphatic imine (C=N–C) groups is 2. The van der Waals surface area contributed by atoms with E-state index in [9.17, 15) is 0 Å². The maximum absolute atomic E-state index is 6.84. The second kappa shape index (κ2) is 12.1. The first-order valence-corrected chi connectivity index (χ1v) is 17.4. The maximum atomic E-state index is 6.84. The van der Waals surface area contributed by atoms with Crippen molar-refractivity contribution in [2.45, 2.75) is 6.54 Å². The van der Waals surface area contributed by atoms with Gasteiger partial charge < -0.3 is 14.6 Å². The number of hydrogen-bond donors (Lipinski definition) is 1. The number of hydrogen-bond acceptors (Lipinski definition) is 3. The predicted octanol–water partition coefficient (Wildman–Crippen LogP) is 11.8. The van der Waals surface area contributed by atoms with E-state index < -0.39 is 0 Å². The van der Waals surface area contributed by atoms with Crippen LogP contribution in [-0.4, -0.2) is 11.7 Å². The van der Waals surface area contributed by atoms with Crippen LogP contribution in [0.25, 0.3) is 76.5 Å². The summed E-state index contributed by atoms with van der Waals surface area (Å²) < 4.78 is 12.4. The van der Waals surface area contributed by atoms with Crippen LogP contribution in [-0.2, 0) is 6.54 Å². The van der Waals surface area contributed by atoms with Crippen LogP contribution in [0, 0.1) is 0 Å². The van der Waals surface area contributed by atoms with Crippen LogP contribution in [0.1, 0.15) is 16.7 Å². The van der Waals surface area contributed by atoms with Gasteiger partial charge in [0.15, 0.2) is 5.84 Å². The van der Waals surface area contributed by atoms with Crippen LogP contribution in [0.2, 0.25) is 0 Å². The first-order valence-electron chi connectivity index (χ1n) is 17.4. The monoisotopic (exact) mass is 669 g/mol. The predicted molar refractivity (Wildman–Crippen MR) is 215 cm³/mol. The molecule has 0 bridgehead atoms. The van der Waals surface area contributed by atoms with Gasteiger partial charge >= 0.3 is 0 Å². The van der Waals surface area contributed by atoms with Crippen molar-refractivity contribution in [2.24, 2.45) is 15.7 Å². The molecule has 0 aliphatic heterocycles. The molecule has 52 heavy (non-hydrogen) atoms. The quantitative estimate of drug-likeness (QED) is 0.146. The summed E-state index contributed by atoms with van der Waals surface area (Å²) in [6.07, 6.45) is 0. The molecule has 8 aromatic carbocycles. The third-order valence-corrected chi connectivity index (χ3v) is 9.94. The number of furan rings is 2. The Morgan fingerprint density at radius 2 is 1.12 bits per heavy atom. The van der Waals surface area contributed by atoms with Crippen molar-refractivity contribution in [3.05, 3.63) is 180 Å². The van der Waals surface area contributed by atoms with Crippen molar-refractivity contribution in [3.63, 3.8) is 0 Å². The second-order valence-electron chi connectivity index (χ2n) is 13.1. The summed E-state index contributed by atoms with van der Waals surface area (Å²) in [7, 11) is 0. The highest BCUT2D eigenvalue weighted by Gasteiger charge is 2.17. The van der Waals surface area contributed by atoms with Gasteiger partial charge in [-0.15, -0.1) is 0 Å². The van der Waals surface area contributed by atoms with Crippen LogP contribution < -0.4 is 5.73 Å². The molecule has 0 radical (unpaired) electrons. The van der Waals surface area contributed by atoms with Crippen LogP contribution >= 0.6 is 0 Å². The lowest BCUT2D eigenvalue weighted by Gasteiger charge is -2.13. The van der Waals surface area contributed by atoms with Gasteiger partial charge in [0, 0.05) is 32.7 Å². The van der Waals surface area contributed by atoms with Crippen molar-refractivity contribution in [3.8, 4) is 11.1 Å². The normalized spacial score (nSPS) is 12.6. The van der Waals surface area contributed by atoms with Gasteiger partial charge in [0.25, 0.3) is 0 Å². The Morgan fingerprint density at radius 1 is 0.462 bits per heavy atom. The fourth-order valence-electron chi connectivity index (χ4n) is 7.42. The van der Waals surface area contributed by atoms with Gasteiger partial charge in [-0.05, 0) is 86.8 Å². The van der Waals surface area contributed by atoms with Crippen molar-refractivity contribution >= 4 is 77.1 Å². The Bertz CT molecular complexity index is 3070. The highest BCUT2D eigenvalue weighted by atomic mass is 16.3. The van der Waals surface area contributed by atoms with Gasteiger partial charge in [-0.1, -0.05) is 115 Å². The molecule has 246 valence electrons. The molecule has 0 atom stereocenters. The summed E-state index contributed by atoms with van der Waals surface area (Å²) in [5.41, 5.74) is 15.2. The highest BCUT2D eigenvalue weighted by Crippen LogP contribution is 2.40. The van der Waals surface area contributed by atoms with Gasteiger partial charge in [-0.3, -0.25) is 4.99 Å². The molecule has 10 aromatic rings. The zero-order valence-electron chi connectivity index (χ0n) is 28.1. The Hall–Kier alpha value is -6.98. The van der Waals surface area contributed by atoms with Gasteiger partial charge in [0.2, 0.25) is 0 Å². The number of amidine groups is 2. The molecule has 0 spiro atoms. The molecule has 2 heterocycles. The van der Waals surface area contributed by atoms with Crippen molar-refractivity contribution in [1.29, 1.82) is 0 Å². The van der Waals surface area contributed by atoms with Gasteiger partial charge in [0.1, 0.15) is 28.2 Å². The van der Waals surface area contributed by atoms with E-state index in [-0.39, 0.29) is 0 Å². The molecule has 0 aliphatic carbocycles. The molecule has 0 saturated carbocycles. The number of rotatable bonds is 5. The summed E-state index contributed by atoms with van der Waals surface area (Å²) in [6, 6.07) is 56.1. The molecule has 10 rings (SSSR count). The van der Waals surface area contributed by atoms with Crippen LogP contribution in [0.4, 0.5) is 0 Å². The number of para-hydroxylation sites is 2. The lowest BCUT2D eigenvalue weighted by Crippen LogP contribution is -2.16. The average Bonchev–Trinajstić information content (AvgIpc) is 3.77. The summed E-state index contributed by atoms with van der Waals surface area (Å²) >= 11 is 0. The fourth-order valence-corrected chi connectivity index (χ4v) is 7.42. The van der Waals surface area contributed by atoms with E-state index in [2.05, 4.69) is 103 Å². The molecular weight excluding hydrogens is 639 g/mol. The number of fused-ring (bicyclic) bond motifs is 8. The largest absolute Gasteiger partial charge is 0.456 e. The Morgan fingerprint density at radius 3 is 1.98 bits per heavy atom. The lowest BCUT2D eigenvalue weighted by molar-refractivity contribution is 0.668. The van der Waals surface area contributed by atoms with Crippen LogP contribution in [0.3, 0.4) is 0 Å². The summed E-state index contributed by atoms with van der Waals surface area (Å²) in [5, 5.41) is 8.78. The van der Waals surface area contributed by atoms with E-state index >= 15 is 0 Å². The Labute approximate surface area is 299 Å². The maximum Gasteiger partial charge on any atom is 0.157 e. The molecule has 5 heteroatoms. The van der Waals surface area contributed by atoms with E-state index in [0.29, 0.717) is 18.2 Å². The summed E-state index contributed by atoms with van der Waals surface area (Å²) in [4.78, 5) is 10.3. The molecule has 0 saturated heterocycles. The van der Waals surface area contributed by atoms with E-state index in [4.69, 9.17) is 24.6 Å². The average molecular weight is 670 g/mol. The van der Waals surface area contributed by atoms with E-state index in [1.54, 1.807) is 0 Å². The molecule has 2 N–H and O–H groups in total. The molecule has 5 nitrogen and oxygen atoms in total. The third kappa shape index (κ3) is 5.10. The number of benzene rings is 8. The summed E-state index contributed by atoms with van der Waals surface area (Å²) in [6.45, 7) is 0.406. The molecular formula is C47H31N3O2. The Kier molecular flexibility index (Phi) is 6.96. The van der Waals surface area contributed by atoms with Gasteiger partial charge in [-0.2, -0.15) is 0 Å². The minimum Gasteiger partial charge on any atom is -0.456 e. The molecule has 0 amide bonds. The Balaban J connectivity index is 1.16. The van der Waals surface area contributed by atoms with Crippen molar-refractivity contribution < 1.29 is 8.83 Å². The summed E-state index contributed by atoms with van der Waals surface area (Å²) in [5.74, 6) is 0.956. The highest BCUT2D eigenvalue weighted by molar-refractivity contribution is 6.18. The van der Waals surface area contributed by atoms with E-state index in [1.807, 2.05) is 60.7 Å². The minimum atomic E-state index is 0.401. The molecule has 2 aromatic heterocycles. The standard InChI is InChI=1S/C47H31N3O2/c48-46(33-22-21-30-10-1-2-11-31(30)25-33)50-47(49-28-29-20-23-43-40(24-29)36-14-5-7-17-41(36)51-43)34-26-32-12-3-4-13-35(32)39(27-34)37-16-9-19-44-45(37)38-15-6-8-18-42(38)52-44/h1-27H,28H2,(H2,48,49,50). The SMILES string of the molecule is NC(=NC(=NCc1ccc2oc3ccccc3c2c1)c1cc(-c2cccc3oc4ccccc4c23)c2ccccc2c1)c1ccc2ccccc2c1. The van der Waals surface area contributed by atoms with E-state index in [0.717, 1.165) is 93.2 Å². The topological polar surface area (TPSA) is 77.0 Å². The number of nitrogens with zero attached hydrogens (tertiary/aromatic N) is 2. The minimum absolute atomic E-state index is 0.401. The lowest BCUT2D eigenvalue weighted by atomic mass is 9.92. The second-order valence-corrected chi connectivity index (χ2v) is 13.1. The third-order valence-electron chi connectivity index (χ3n) is 9.94. The smallest absolute Gasteiger partial charge is 0.157 e. The van der Waals surface area contributed by atoms with Crippen molar-refractivity contribution in [2.75, 3.05) is 0 Å². The van der Waals surface area contributed by atoms with Gasteiger partial charge in [-0.25, -0.2) is 4.99 Å². The first-order chi connectivity index (χ1) is 25.7. The van der Waals surface area contributed by atoms with Crippen LogP contribution in [0.5, 0.6) is 0 Å². The fraction of sp³-hybridized carbons (Fsp3) is 0.0213. The zero-order valence-corrected chi connectivity index (χ0v) is 28.1. The number of nitrogens with two attached hydrogens (primary N) is 1.